The molecule has 0 heterocycles. The predicted octanol–water partition coefficient (Wildman–Crippen LogP) is 2.06. The molecule has 0 aromatic heterocycles. The second-order valence-electron chi connectivity index (χ2n) is 5.81. The molecule has 1 saturated carbocycles. The van der Waals surface area contributed by atoms with Gasteiger partial charge in [-0.15, -0.1) is 0 Å². The van der Waals surface area contributed by atoms with E-state index in [1.54, 1.807) is 6.92 Å². The Hall–Kier alpha value is -0.570. The summed E-state index contributed by atoms with van der Waals surface area (Å²) in [7, 11) is 0. The van der Waals surface area contributed by atoms with Crippen molar-refractivity contribution in [3.63, 3.8) is 0 Å². The van der Waals surface area contributed by atoms with E-state index in [0.29, 0.717) is 11.3 Å². The standard InChI is InChI=1S/C13H26N2O/c1-10(2)8-13(6-4-5-7-13)9-15-12(16)11(3)14/h10-11H,4-9,14H2,1-3H3,(H,15,16)/t11-/m0/s1. The molecule has 0 spiro atoms. The molecule has 16 heavy (non-hydrogen) atoms. The Balaban J connectivity index is 2.48. The molecule has 0 aromatic carbocycles. The van der Waals surface area contributed by atoms with Crippen molar-refractivity contribution < 1.29 is 4.79 Å². The van der Waals surface area contributed by atoms with Crippen LogP contribution in [0.5, 0.6) is 0 Å². The minimum Gasteiger partial charge on any atom is -0.354 e. The summed E-state index contributed by atoms with van der Waals surface area (Å²) in [6.07, 6.45) is 6.34. The van der Waals surface area contributed by atoms with Gasteiger partial charge in [-0.1, -0.05) is 26.7 Å². The quantitative estimate of drug-likeness (QED) is 0.754. The average molecular weight is 226 g/mol. The van der Waals surface area contributed by atoms with Gasteiger partial charge >= 0.3 is 0 Å². The number of carbonyl (C=O) groups excluding carboxylic acids is 1. The SMILES string of the molecule is CC(C)CC1(CNC(=O)[C@H](C)N)CCCC1. The Kier molecular flexibility index (Phi) is 4.78. The van der Waals surface area contributed by atoms with Gasteiger partial charge in [0.1, 0.15) is 0 Å². The predicted molar refractivity (Wildman–Crippen MR) is 67.0 cm³/mol. The molecule has 0 aromatic rings. The molecule has 0 saturated heterocycles. The van der Waals surface area contributed by atoms with Crippen molar-refractivity contribution in [2.45, 2.75) is 58.9 Å². The highest BCUT2D eigenvalue weighted by atomic mass is 16.2. The highest BCUT2D eigenvalue weighted by molar-refractivity contribution is 5.80. The number of amides is 1. The summed E-state index contributed by atoms with van der Waals surface area (Å²) in [6, 6.07) is -0.391. The molecule has 1 aliphatic carbocycles. The second-order valence-corrected chi connectivity index (χ2v) is 5.81. The molecule has 1 atom stereocenters. The van der Waals surface area contributed by atoms with Crippen LogP contribution in [0.4, 0.5) is 0 Å². The maximum absolute atomic E-state index is 11.5. The Morgan fingerprint density at radius 2 is 1.88 bits per heavy atom. The lowest BCUT2D eigenvalue weighted by Crippen LogP contribution is -2.43. The molecule has 0 radical (unpaired) electrons. The summed E-state index contributed by atoms with van der Waals surface area (Å²) in [5.74, 6) is 0.681. The van der Waals surface area contributed by atoms with E-state index < -0.39 is 6.04 Å². The zero-order valence-corrected chi connectivity index (χ0v) is 10.9. The van der Waals surface area contributed by atoms with E-state index in [2.05, 4.69) is 19.2 Å². The molecular weight excluding hydrogens is 200 g/mol. The van der Waals surface area contributed by atoms with Crippen LogP contribution in [-0.4, -0.2) is 18.5 Å². The first-order valence-corrected chi connectivity index (χ1v) is 6.48. The van der Waals surface area contributed by atoms with Crippen molar-refractivity contribution in [1.29, 1.82) is 0 Å². The molecule has 1 amide bonds. The topological polar surface area (TPSA) is 55.1 Å². The van der Waals surface area contributed by atoms with Crippen LogP contribution >= 0.6 is 0 Å². The molecular formula is C13H26N2O. The first kappa shape index (κ1) is 13.5. The van der Waals surface area contributed by atoms with Crippen LogP contribution in [0.2, 0.25) is 0 Å². The summed E-state index contributed by atoms with van der Waals surface area (Å²) >= 11 is 0. The van der Waals surface area contributed by atoms with Crippen molar-refractivity contribution in [3.05, 3.63) is 0 Å². The number of hydrogen-bond acceptors (Lipinski definition) is 2. The summed E-state index contributed by atoms with van der Waals surface area (Å²) in [5.41, 5.74) is 5.90. The van der Waals surface area contributed by atoms with E-state index in [1.807, 2.05) is 0 Å². The van der Waals surface area contributed by atoms with Gasteiger partial charge < -0.3 is 11.1 Å². The van der Waals surface area contributed by atoms with Crippen LogP contribution in [0.25, 0.3) is 0 Å². The zero-order valence-electron chi connectivity index (χ0n) is 10.9. The maximum atomic E-state index is 11.5. The normalized spacial score (nSPS) is 21.1. The Labute approximate surface area is 99.2 Å². The van der Waals surface area contributed by atoms with Crippen LogP contribution in [0.3, 0.4) is 0 Å². The fraction of sp³-hybridized carbons (Fsp3) is 0.923. The van der Waals surface area contributed by atoms with Crippen LogP contribution in [0.1, 0.15) is 52.9 Å². The van der Waals surface area contributed by atoms with Crippen LogP contribution < -0.4 is 11.1 Å². The zero-order chi connectivity index (χ0) is 12.2. The highest BCUT2D eigenvalue weighted by Gasteiger charge is 2.34. The molecule has 94 valence electrons. The van der Waals surface area contributed by atoms with Gasteiger partial charge in [-0.2, -0.15) is 0 Å². The molecule has 3 heteroatoms. The molecule has 0 bridgehead atoms. The number of rotatable bonds is 5. The largest absolute Gasteiger partial charge is 0.354 e. The lowest BCUT2D eigenvalue weighted by atomic mass is 9.78. The van der Waals surface area contributed by atoms with E-state index in [1.165, 1.54) is 32.1 Å². The van der Waals surface area contributed by atoms with Crippen molar-refractivity contribution >= 4 is 5.91 Å². The van der Waals surface area contributed by atoms with E-state index in [9.17, 15) is 4.79 Å². The summed E-state index contributed by atoms with van der Waals surface area (Å²) in [5, 5.41) is 3.01. The van der Waals surface area contributed by atoms with Gasteiger partial charge in [0, 0.05) is 6.54 Å². The molecule has 0 unspecified atom stereocenters. The summed E-state index contributed by atoms with van der Waals surface area (Å²) in [4.78, 5) is 11.5. The van der Waals surface area contributed by atoms with E-state index in [0.717, 1.165) is 6.54 Å². The Morgan fingerprint density at radius 1 is 1.31 bits per heavy atom. The van der Waals surface area contributed by atoms with Gasteiger partial charge in [-0.25, -0.2) is 0 Å². The first-order chi connectivity index (χ1) is 7.45. The fourth-order valence-corrected chi connectivity index (χ4v) is 2.88. The Morgan fingerprint density at radius 3 is 2.31 bits per heavy atom. The van der Waals surface area contributed by atoms with Crippen molar-refractivity contribution in [3.8, 4) is 0 Å². The maximum Gasteiger partial charge on any atom is 0.236 e. The molecule has 1 rings (SSSR count). The third-order valence-electron chi connectivity index (χ3n) is 3.56. The molecule has 3 N–H and O–H groups in total. The molecule has 1 fully saturated rings. The van der Waals surface area contributed by atoms with Gasteiger partial charge in [0.05, 0.1) is 6.04 Å². The summed E-state index contributed by atoms with van der Waals surface area (Å²) in [6.45, 7) is 7.06. The van der Waals surface area contributed by atoms with Gasteiger partial charge in [0.2, 0.25) is 5.91 Å². The highest BCUT2D eigenvalue weighted by Crippen LogP contribution is 2.42. The third-order valence-corrected chi connectivity index (χ3v) is 3.56. The second kappa shape index (κ2) is 5.67. The van der Waals surface area contributed by atoms with Gasteiger partial charge in [-0.05, 0) is 37.5 Å². The van der Waals surface area contributed by atoms with E-state index in [4.69, 9.17) is 5.73 Å². The van der Waals surface area contributed by atoms with Crippen molar-refractivity contribution in [1.82, 2.24) is 5.32 Å². The van der Waals surface area contributed by atoms with E-state index >= 15 is 0 Å². The number of nitrogens with one attached hydrogen (secondary N) is 1. The minimum atomic E-state index is -0.391. The van der Waals surface area contributed by atoms with Crippen LogP contribution in [-0.2, 0) is 4.79 Å². The van der Waals surface area contributed by atoms with Gasteiger partial charge in [0.25, 0.3) is 0 Å². The molecule has 3 nitrogen and oxygen atoms in total. The number of nitrogens with two attached hydrogens (primary N) is 1. The summed E-state index contributed by atoms with van der Waals surface area (Å²) < 4.78 is 0. The molecule has 1 aliphatic rings. The third kappa shape index (κ3) is 3.78. The van der Waals surface area contributed by atoms with Crippen molar-refractivity contribution in [2.75, 3.05) is 6.54 Å². The molecule has 0 aliphatic heterocycles. The Bertz CT molecular complexity index is 230. The van der Waals surface area contributed by atoms with Crippen LogP contribution in [0.15, 0.2) is 0 Å². The monoisotopic (exact) mass is 226 g/mol. The van der Waals surface area contributed by atoms with Crippen LogP contribution in [0, 0.1) is 11.3 Å². The van der Waals surface area contributed by atoms with Gasteiger partial charge in [-0.3, -0.25) is 4.79 Å². The van der Waals surface area contributed by atoms with Gasteiger partial charge in [0.15, 0.2) is 0 Å². The number of hydrogen-bond donors (Lipinski definition) is 2. The lowest BCUT2D eigenvalue weighted by Gasteiger charge is -2.31. The lowest BCUT2D eigenvalue weighted by molar-refractivity contribution is -0.122. The van der Waals surface area contributed by atoms with E-state index in [-0.39, 0.29) is 5.91 Å². The first-order valence-electron chi connectivity index (χ1n) is 6.48. The smallest absolute Gasteiger partial charge is 0.236 e. The number of carbonyl (C=O) groups is 1. The average Bonchev–Trinajstić information content (AvgIpc) is 2.62. The minimum absolute atomic E-state index is 0.0185. The van der Waals surface area contributed by atoms with Crippen molar-refractivity contribution in [2.24, 2.45) is 17.1 Å². The fourth-order valence-electron chi connectivity index (χ4n) is 2.88.